The van der Waals surface area contributed by atoms with Gasteiger partial charge in [-0.2, -0.15) is 0 Å². The van der Waals surface area contributed by atoms with E-state index < -0.39 is 0 Å². The number of fused-ring (bicyclic) bond motifs is 1. The predicted molar refractivity (Wildman–Crippen MR) is 89.6 cm³/mol. The molecular formula is C18H21N3O2. The van der Waals surface area contributed by atoms with Gasteiger partial charge >= 0.3 is 0 Å². The fraction of sp³-hybridized carbons (Fsp3) is 0.444. The zero-order valence-corrected chi connectivity index (χ0v) is 13.4. The Bertz CT molecular complexity index is 734. The minimum atomic E-state index is 0.0988. The number of anilines is 1. The van der Waals surface area contributed by atoms with Gasteiger partial charge in [-0.25, -0.2) is 4.98 Å². The summed E-state index contributed by atoms with van der Waals surface area (Å²) in [6.07, 6.45) is 0. The molecule has 2 aliphatic rings. The van der Waals surface area contributed by atoms with Crippen LogP contribution in [0.2, 0.25) is 0 Å². The van der Waals surface area contributed by atoms with Gasteiger partial charge in [-0.15, -0.1) is 0 Å². The first-order valence-electron chi connectivity index (χ1n) is 8.20. The van der Waals surface area contributed by atoms with Gasteiger partial charge in [0.15, 0.2) is 0 Å². The first-order valence-corrected chi connectivity index (χ1v) is 8.20. The Labute approximate surface area is 135 Å². The van der Waals surface area contributed by atoms with E-state index in [9.17, 15) is 4.79 Å². The first-order chi connectivity index (χ1) is 11.2. The highest BCUT2D eigenvalue weighted by atomic mass is 16.5. The van der Waals surface area contributed by atoms with Gasteiger partial charge in [0.1, 0.15) is 5.82 Å². The molecule has 0 saturated carbocycles. The van der Waals surface area contributed by atoms with Crippen molar-refractivity contribution < 1.29 is 9.53 Å². The van der Waals surface area contributed by atoms with Crippen molar-refractivity contribution in [2.24, 2.45) is 5.92 Å². The molecular weight excluding hydrogens is 290 g/mol. The van der Waals surface area contributed by atoms with Crippen LogP contribution < -0.4 is 4.90 Å². The molecule has 5 heteroatoms. The van der Waals surface area contributed by atoms with Gasteiger partial charge in [-0.1, -0.05) is 18.2 Å². The van der Waals surface area contributed by atoms with Crippen molar-refractivity contribution in [3.05, 3.63) is 35.9 Å². The van der Waals surface area contributed by atoms with E-state index in [2.05, 4.69) is 24.0 Å². The van der Waals surface area contributed by atoms with E-state index in [0.29, 0.717) is 13.2 Å². The average molecular weight is 311 g/mol. The fourth-order valence-electron chi connectivity index (χ4n) is 3.36. The summed E-state index contributed by atoms with van der Waals surface area (Å²) in [7, 11) is 0. The van der Waals surface area contributed by atoms with Crippen molar-refractivity contribution in [1.29, 1.82) is 0 Å². The number of aromatic nitrogens is 1. The van der Waals surface area contributed by atoms with Crippen LogP contribution in [0.15, 0.2) is 30.3 Å². The zero-order chi connectivity index (χ0) is 15.8. The minimum absolute atomic E-state index is 0.0988. The standard InChI is InChI=1S/C18H21N3O2/c1-13-10-17(19-16-5-3-2-4-15(13)16)21-11-14(12-21)18(22)20-6-8-23-9-7-20/h2-5,10,14H,6-9,11-12H2,1H3. The molecule has 1 amide bonds. The third-order valence-corrected chi connectivity index (χ3v) is 4.79. The molecule has 2 fully saturated rings. The Balaban J connectivity index is 1.46. The predicted octanol–water partition coefficient (Wildman–Crippen LogP) is 1.84. The summed E-state index contributed by atoms with van der Waals surface area (Å²) in [4.78, 5) is 21.3. The SMILES string of the molecule is Cc1cc(N2CC(C(=O)N3CCOCC3)C2)nc2ccccc12. The second-order valence-electron chi connectivity index (χ2n) is 6.35. The number of ether oxygens (including phenoxy) is 1. The van der Waals surface area contributed by atoms with Gasteiger partial charge in [0.2, 0.25) is 5.91 Å². The molecule has 2 aliphatic heterocycles. The maximum Gasteiger partial charge on any atom is 0.229 e. The van der Waals surface area contributed by atoms with Gasteiger partial charge < -0.3 is 14.5 Å². The largest absolute Gasteiger partial charge is 0.378 e. The van der Waals surface area contributed by atoms with E-state index in [-0.39, 0.29) is 11.8 Å². The van der Waals surface area contributed by atoms with Gasteiger partial charge in [-0.3, -0.25) is 4.79 Å². The summed E-state index contributed by atoms with van der Waals surface area (Å²) in [5.41, 5.74) is 2.25. The summed E-state index contributed by atoms with van der Waals surface area (Å²) in [6, 6.07) is 10.3. The van der Waals surface area contributed by atoms with Gasteiger partial charge in [0, 0.05) is 31.6 Å². The highest BCUT2D eigenvalue weighted by molar-refractivity contribution is 5.85. The molecule has 0 bridgehead atoms. The molecule has 5 nitrogen and oxygen atoms in total. The molecule has 2 saturated heterocycles. The smallest absolute Gasteiger partial charge is 0.229 e. The lowest BCUT2D eigenvalue weighted by molar-refractivity contribution is -0.140. The summed E-state index contributed by atoms with van der Waals surface area (Å²) < 4.78 is 5.31. The van der Waals surface area contributed by atoms with Crippen molar-refractivity contribution in [3.8, 4) is 0 Å². The molecule has 0 aliphatic carbocycles. The molecule has 3 heterocycles. The highest BCUT2D eigenvalue weighted by Gasteiger charge is 2.36. The Kier molecular flexibility index (Phi) is 3.65. The van der Waals surface area contributed by atoms with Crippen LogP contribution in [-0.2, 0) is 9.53 Å². The Hall–Kier alpha value is -2.14. The Morgan fingerprint density at radius 3 is 2.74 bits per heavy atom. The van der Waals surface area contributed by atoms with Crippen LogP contribution in [-0.4, -0.2) is 55.2 Å². The Morgan fingerprint density at radius 1 is 1.22 bits per heavy atom. The molecule has 4 rings (SSSR count). The summed E-state index contributed by atoms with van der Waals surface area (Å²) >= 11 is 0. The minimum Gasteiger partial charge on any atom is -0.378 e. The van der Waals surface area contributed by atoms with Gasteiger partial charge in [0.05, 0.1) is 24.6 Å². The lowest BCUT2D eigenvalue weighted by Gasteiger charge is -2.42. The lowest BCUT2D eigenvalue weighted by atomic mass is 9.97. The van der Waals surface area contributed by atoms with Crippen molar-refractivity contribution in [1.82, 2.24) is 9.88 Å². The van der Waals surface area contributed by atoms with Crippen LogP contribution in [0.4, 0.5) is 5.82 Å². The van der Waals surface area contributed by atoms with Crippen molar-refractivity contribution >= 4 is 22.6 Å². The van der Waals surface area contributed by atoms with Crippen molar-refractivity contribution in [2.45, 2.75) is 6.92 Å². The fourth-order valence-corrected chi connectivity index (χ4v) is 3.36. The number of hydrogen-bond donors (Lipinski definition) is 0. The number of rotatable bonds is 2. The van der Waals surface area contributed by atoms with E-state index >= 15 is 0 Å². The van der Waals surface area contributed by atoms with Crippen LogP contribution >= 0.6 is 0 Å². The third-order valence-electron chi connectivity index (χ3n) is 4.79. The number of nitrogens with zero attached hydrogens (tertiary/aromatic N) is 3. The number of carbonyl (C=O) groups excluding carboxylic acids is 1. The summed E-state index contributed by atoms with van der Waals surface area (Å²) in [5, 5.41) is 1.19. The molecule has 0 radical (unpaired) electrons. The molecule has 0 N–H and O–H groups in total. The molecule has 0 unspecified atom stereocenters. The van der Waals surface area contributed by atoms with E-state index in [1.807, 2.05) is 23.1 Å². The number of morpholine rings is 1. The second-order valence-corrected chi connectivity index (χ2v) is 6.35. The quantitative estimate of drug-likeness (QED) is 0.849. The summed E-state index contributed by atoms with van der Waals surface area (Å²) in [5.74, 6) is 1.34. The van der Waals surface area contributed by atoms with E-state index in [1.54, 1.807) is 0 Å². The molecule has 120 valence electrons. The van der Waals surface area contributed by atoms with Crippen LogP contribution in [0.1, 0.15) is 5.56 Å². The van der Waals surface area contributed by atoms with E-state index in [1.165, 1.54) is 10.9 Å². The second kappa shape index (κ2) is 5.81. The average Bonchev–Trinajstić information content (AvgIpc) is 2.54. The molecule has 23 heavy (non-hydrogen) atoms. The molecule has 1 aromatic carbocycles. The van der Waals surface area contributed by atoms with Crippen LogP contribution in [0.25, 0.3) is 10.9 Å². The number of pyridine rings is 1. The number of hydrogen-bond acceptors (Lipinski definition) is 4. The van der Waals surface area contributed by atoms with Gasteiger partial charge in [0.25, 0.3) is 0 Å². The van der Waals surface area contributed by atoms with Crippen LogP contribution in [0.5, 0.6) is 0 Å². The summed E-state index contributed by atoms with van der Waals surface area (Å²) in [6.45, 7) is 6.41. The highest BCUT2D eigenvalue weighted by Crippen LogP contribution is 2.28. The van der Waals surface area contributed by atoms with E-state index in [4.69, 9.17) is 9.72 Å². The van der Waals surface area contributed by atoms with Crippen molar-refractivity contribution in [2.75, 3.05) is 44.3 Å². The maximum atomic E-state index is 12.5. The number of para-hydroxylation sites is 1. The van der Waals surface area contributed by atoms with Crippen LogP contribution in [0, 0.1) is 12.8 Å². The zero-order valence-electron chi connectivity index (χ0n) is 13.4. The molecule has 2 aromatic rings. The lowest BCUT2D eigenvalue weighted by Crippen LogP contribution is -2.56. The maximum absolute atomic E-state index is 12.5. The number of benzene rings is 1. The Morgan fingerprint density at radius 2 is 1.96 bits per heavy atom. The molecule has 0 atom stereocenters. The number of carbonyl (C=O) groups is 1. The van der Waals surface area contributed by atoms with E-state index in [0.717, 1.165) is 37.5 Å². The third kappa shape index (κ3) is 2.65. The normalized spacial score (nSPS) is 19.0. The van der Waals surface area contributed by atoms with Gasteiger partial charge in [-0.05, 0) is 24.6 Å². The number of amides is 1. The first kappa shape index (κ1) is 14.5. The van der Waals surface area contributed by atoms with Crippen molar-refractivity contribution in [3.63, 3.8) is 0 Å². The number of aryl methyl sites for hydroxylation is 1. The van der Waals surface area contributed by atoms with Crippen LogP contribution in [0.3, 0.4) is 0 Å². The molecule has 0 spiro atoms. The topological polar surface area (TPSA) is 45.7 Å². The monoisotopic (exact) mass is 311 g/mol. The molecule has 1 aromatic heterocycles.